The minimum Gasteiger partial charge on any atom is -0.463 e. The Morgan fingerprint density at radius 1 is 1.44 bits per heavy atom. The molecule has 0 heterocycles. The average molecular weight is 244 g/mol. The SMILES string of the molecule is C=C(C)C.C=CC(=O)OCCC[SiH2]OCC. The van der Waals surface area contributed by atoms with E-state index in [1.807, 2.05) is 20.8 Å². The molecular formula is C12H24O3Si. The highest BCUT2D eigenvalue weighted by molar-refractivity contribution is 6.26. The van der Waals surface area contributed by atoms with Crippen LogP contribution in [-0.4, -0.2) is 28.9 Å². The van der Waals surface area contributed by atoms with Gasteiger partial charge in [0.15, 0.2) is 9.76 Å². The van der Waals surface area contributed by atoms with Crippen molar-refractivity contribution in [3.8, 4) is 0 Å². The lowest BCUT2D eigenvalue weighted by molar-refractivity contribution is -0.137. The summed E-state index contributed by atoms with van der Waals surface area (Å²) in [5, 5.41) is 0. The van der Waals surface area contributed by atoms with E-state index in [2.05, 4.69) is 13.2 Å². The van der Waals surface area contributed by atoms with E-state index < -0.39 is 0 Å². The molecule has 0 saturated carbocycles. The van der Waals surface area contributed by atoms with Crippen molar-refractivity contribution in [2.45, 2.75) is 33.2 Å². The lowest BCUT2D eigenvalue weighted by Crippen LogP contribution is -2.04. The minimum atomic E-state index is -0.357. The van der Waals surface area contributed by atoms with E-state index in [1.54, 1.807) is 0 Å². The molecule has 94 valence electrons. The quantitative estimate of drug-likeness (QED) is 0.226. The molecule has 0 bridgehead atoms. The van der Waals surface area contributed by atoms with Crippen molar-refractivity contribution in [1.82, 2.24) is 0 Å². The molecule has 0 N–H and O–H groups in total. The van der Waals surface area contributed by atoms with Crippen LogP contribution in [0.5, 0.6) is 0 Å². The Hall–Kier alpha value is -0.873. The number of ether oxygens (including phenoxy) is 1. The van der Waals surface area contributed by atoms with Gasteiger partial charge in [-0.3, -0.25) is 0 Å². The van der Waals surface area contributed by atoms with E-state index >= 15 is 0 Å². The number of hydrogen-bond donors (Lipinski definition) is 0. The summed E-state index contributed by atoms with van der Waals surface area (Å²) in [6, 6.07) is 1.07. The Morgan fingerprint density at radius 2 is 2.00 bits per heavy atom. The van der Waals surface area contributed by atoms with Crippen molar-refractivity contribution in [2.24, 2.45) is 0 Å². The van der Waals surface area contributed by atoms with Crippen LogP contribution in [0.4, 0.5) is 0 Å². The second-order valence-electron chi connectivity index (χ2n) is 3.48. The normalized spacial score (nSPS) is 9.44. The van der Waals surface area contributed by atoms with Gasteiger partial charge in [-0.25, -0.2) is 4.79 Å². The highest BCUT2D eigenvalue weighted by Crippen LogP contribution is 1.91. The lowest BCUT2D eigenvalue weighted by atomic mass is 10.4. The van der Waals surface area contributed by atoms with Crippen molar-refractivity contribution < 1.29 is 14.0 Å². The predicted molar refractivity (Wildman–Crippen MR) is 71.2 cm³/mol. The molecule has 0 saturated heterocycles. The summed E-state index contributed by atoms with van der Waals surface area (Å²) in [5.41, 5.74) is 1.17. The minimum absolute atomic E-state index is 0.340. The van der Waals surface area contributed by atoms with Crippen LogP contribution in [0.2, 0.25) is 6.04 Å². The standard InChI is InChI=1S/C8H16O3Si.C4H8/c1-3-8(9)10-6-5-7-12-11-4-2;1-4(2)3/h3H,1,4-7,12H2,2H3;1H2,2-3H3. The fraction of sp³-hybridized carbons (Fsp3) is 0.583. The molecule has 0 atom stereocenters. The summed E-state index contributed by atoms with van der Waals surface area (Å²) in [5.74, 6) is -0.340. The van der Waals surface area contributed by atoms with Gasteiger partial charge in [0.05, 0.1) is 6.61 Å². The van der Waals surface area contributed by atoms with Crippen LogP contribution >= 0.6 is 0 Å². The summed E-state index contributed by atoms with van der Waals surface area (Å²) >= 11 is 0. The van der Waals surface area contributed by atoms with Gasteiger partial charge in [-0.15, -0.1) is 6.58 Å². The molecule has 0 unspecified atom stereocenters. The van der Waals surface area contributed by atoms with Gasteiger partial charge in [0.2, 0.25) is 0 Å². The Bertz CT molecular complexity index is 198. The molecule has 0 aliphatic carbocycles. The van der Waals surface area contributed by atoms with Gasteiger partial charge in [-0.2, -0.15) is 0 Å². The van der Waals surface area contributed by atoms with Gasteiger partial charge >= 0.3 is 5.97 Å². The number of hydrogen-bond acceptors (Lipinski definition) is 3. The van der Waals surface area contributed by atoms with Gasteiger partial charge in [0.25, 0.3) is 0 Å². The molecule has 0 fully saturated rings. The summed E-state index contributed by atoms with van der Waals surface area (Å²) in [7, 11) is -0.357. The van der Waals surface area contributed by atoms with Crippen molar-refractivity contribution in [3.05, 3.63) is 24.8 Å². The number of esters is 1. The fourth-order valence-corrected chi connectivity index (χ4v) is 1.58. The molecule has 3 nitrogen and oxygen atoms in total. The van der Waals surface area contributed by atoms with Crippen molar-refractivity contribution in [3.63, 3.8) is 0 Å². The summed E-state index contributed by atoms with van der Waals surface area (Å²) in [4.78, 5) is 10.5. The first-order valence-corrected chi connectivity index (χ1v) is 7.11. The van der Waals surface area contributed by atoms with Crippen LogP contribution in [0.25, 0.3) is 0 Å². The molecule has 0 radical (unpaired) electrons. The van der Waals surface area contributed by atoms with Crippen LogP contribution in [0.15, 0.2) is 24.8 Å². The lowest BCUT2D eigenvalue weighted by Gasteiger charge is -2.01. The largest absolute Gasteiger partial charge is 0.463 e. The molecule has 16 heavy (non-hydrogen) atoms. The van der Waals surface area contributed by atoms with E-state index in [4.69, 9.17) is 9.16 Å². The van der Waals surface area contributed by atoms with Gasteiger partial charge in [0, 0.05) is 12.7 Å². The topological polar surface area (TPSA) is 35.5 Å². The third-order valence-electron chi connectivity index (χ3n) is 1.30. The van der Waals surface area contributed by atoms with Gasteiger partial charge in [-0.1, -0.05) is 12.2 Å². The van der Waals surface area contributed by atoms with E-state index in [0.717, 1.165) is 19.1 Å². The van der Waals surface area contributed by atoms with E-state index in [0.29, 0.717) is 6.61 Å². The predicted octanol–water partition coefficient (Wildman–Crippen LogP) is 2.23. The smallest absolute Gasteiger partial charge is 0.330 e. The van der Waals surface area contributed by atoms with E-state index in [1.165, 1.54) is 11.6 Å². The first-order chi connectivity index (χ1) is 7.54. The molecule has 0 aromatic heterocycles. The van der Waals surface area contributed by atoms with Gasteiger partial charge in [0.1, 0.15) is 0 Å². The molecule has 0 rings (SSSR count). The third kappa shape index (κ3) is 23.2. The number of carbonyl (C=O) groups is 1. The molecule has 0 aromatic rings. The van der Waals surface area contributed by atoms with Gasteiger partial charge in [-0.05, 0) is 33.2 Å². The molecule has 0 aromatic carbocycles. The van der Waals surface area contributed by atoms with E-state index in [9.17, 15) is 4.79 Å². The maximum Gasteiger partial charge on any atom is 0.330 e. The molecule has 0 spiro atoms. The van der Waals surface area contributed by atoms with Crippen molar-refractivity contribution in [2.75, 3.05) is 13.2 Å². The summed E-state index contributed by atoms with van der Waals surface area (Å²) in [6.45, 7) is 14.1. The van der Waals surface area contributed by atoms with E-state index in [-0.39, 0.29) is 15.7 Å². The Balaban J connectivity index is 0. The Morgan fingerprint density at radius 3 is 2.44 bits per heavy atom. The second-order valence-corrected chi connectivity index (χ2v) is 5.01. The van der Waals surface area contributed by atoms with Crippen LogP contribution in [0.1, 0.15) is 27.2 Å². The Kier molecular flexibility index (Phi) is 15.5. The highest BCUT2D eigenvalue weighted by atomic mass is 28.2. The zero-order valence-electron chi connectivity index (χ0n) is 10.8. The number of allylic oxidation sites excluding steroid dienone is 1. The number of rotatable bonds is 7. The first-order valence-electron chi connectivity index (χ1n) is 5.53. The molecule has 4 heteroatoms. The van der Waals surface area contributed by atoms with Crippen LogP contribution in [0, 0.1) is 0 Å². The Labute approximate surface area is 101 Å². The second kappa shape index (κ2) is 14.1. The zero-order chi connectivity index (χ0) is 12.8. The van der Waals surface area contributed by atoms with Crippen molar-refractivity contribution >= 4 is 15.7 Å². The van der Waals surface area contributed by atoms with Gasteiger partial charge < -0.3 is 9.16 Å². The highest BCUT2D eigenvalue weighted by Gasteiger charge is 1.94. The van der Waals surface area contributed by atoms with Crippen molar-refractivity contribution in [1.29, 1.82) is 0 Å². The fourth-order valence-electron chi connectivity index (χ4n) is 0.682. The summed E-state index contributed by atoms with van der Waals surface area (Å²) < 4.78 is 10.0. The molecule has 0 aliphatic rings. The molecule has 0 amide bonds. The summed E-state index contributed by atoms with van der Waals surface area (Å²) in [6.07, 6.45) is 2.09. The molecular weight excluding hydrogens is 220 g/mol. The monoisotopic (exact) mass is 244 g/mol. The van der Waals surface area contributed by atoms with Crippen LogP contribution in [0.3, 0.4) is 0 Å². The maximum atomic E-state index is 10.5. The first kappa shape index (κ1) is 17.5. The van der Waals surface area contributed by atoms with Crippen LogP contribution < -0.4 is 0 Å². The zero-order valence-corrected chi connectivity index (χ0v) is 12.2. The van der Waals surface area contributed by atoms with Crippen LogP contribution in [-0.2, 0) is 14.0 Å². The number of carbonyl (C=O) groups excluding carboxylic acids is 1. The average Bonchev–Trinajstić information content (AvgIpc) is 2.22. The maximum absolute atomic E-state index is 10.5. The molecule has 0 aliphatic heterocycles. The third-order valence-corrected chi connectivity index (χ3v) is 2.78.